The Morgan fingerprint density at radius 1 is 1.19 bits per heavy atom. The number of carbonyl (C=O) groups is 2. The Morgan fingerprint density at radius 3 is 2.88 bits per heavy atom. The summed E-state index contributed by atoms with van der Waals surface area (Å²) in [4.78, 5) is 39.8. The highest BCUT2D eigenvalue weighted by Crippen LogP contribution is 2.43. The summed E-state index contributed by atoms with van der Waals surface area (Å²) in [6.07, 6.45) is 6.22. The van der Waals surface area contributed by atoms with E-state index in [2.05, 4.69) is 25.6 Å². The highest BCUT2D eigenvalue weighted by Gasteiger charge is 2.30. The predicted octanol–water partition coefficient (Wildman–Crippen LogP) is 2.94. The maximum atomic E-state index is 12.8. The number of nitrogens with zero attached hydrogens (tertiary/aromatic N) is 4. The summed E-state index contributed by atoms with van der Waals surface area (Å²) < 4.78 is 22.2. The fraction of sp³-hybridized carbons (Fsp3) is 0.261. The predicted molar refractivity (Wildman–Crippen MR) is 122 cm³/mol. The minimum atomic E-state index is -2.66. The lowest BCUT2D eigenvalue weighted by atomic mass is 9.98. The average Bonchev–Trinajstić information content (AvgIpc) is 3.64. The van der Waals surface area contributed by atoms with Crippen molar-refractivity contribution in [3.63, 3.8) is 0 Å². The van der Waals surface area contributed by atoms with Gasteiger partial charge in [0.25, 0.3) is 5.91 Å². The van der Waals surface area contributed by atoms with Crippen LogP contribution in [0.25, 0.3) is 11.3 Å². The standard InChI is InChI=1S/C23H23N7O2/c1-24-23(32)16-10-26-19(29-22(31)13-6-7-13)8-18(16)28-17-5-3-4-15-20-14(9-25-12-27-20)11-30(2)21(15)17/h3-5,8-10,12-13H,6-7,11H2,1-2H3,(H,24,32)(H2,26,28,29,31)/i1D3. The third-order valence-corrected chi connectivity index (χ3v) is 5.60. The Kier molecular flexibility index (Phi) is 4.12. The summed E-state index contributed by atoms with van der Waals surface area (Å²) >= 11 is 0. The van der Waals surface area contributed by atoms with E-state index in [9.17, 15) is 9.59 Å². The molecule has 2 aliphatic rings. The molecule has 1 aliphatic carbocycles. The first kappa shape index (κ1) is 16.7. The van der Waals surface area contributed by atoms with Gasteiger partial charge in [-0.05, 0) is 18.9 Å². The summed E-state index contributed by atoms with van der Waals surface area (Å²) in [6, 6.07) is 7.21. The first-order valence-electron chi connectivity index (χ1n) is 11.7. The molecule has 2 amide bonds. The lowest BCUT2D eigenvalue weighted by Gasteiger charge is -2.31. The van der Waals surface area contributed by atoms with E-state index >= 15 is 0 Å². The highest BCUT2D eigenvalue weighted by molar-refractivity contribution is 6.02. The molecule has 0 saturated heterocycles. The van der Waals surface area contributed by atoms with E-state index in [1.165, 1.54) is 18.6 Å². The Labute approximate surface area is 189 Å². The Balaban J connectivity index is 1.55. The van der Waals surface area contributed by atoms with Gasteiger partial charge in [0, 0.05) is 60.2 Å². The molecular weight excluding hydrogens is 406 g/mol. The van der Waals surface area contributed by atoms with Gasteiger partial charge in [-0.25, -0.2) is 15.0 Å². The molecule has 3 aromatic rings. The van der Waals surface area contributed by atoms with Gasteiger partial charge in [0.15, 0.2) is 0 Å². The number of carbonyl (C=O) groups excluding carboxylic acids is 2. The largest absolute Gasteiger partial charge is 0.368 e. The molecule has 0 radical (unpaired) electrons. The van der Waals surface area contributed by atoms with Gasteiger partial charge >= 0.3 is 0 Å². The molecule has 32 heavy (non-hydrogen) atoms. The second-order valence-electron chi connectivity index (χ2n) is 7.91. The van der Waals surface area contributed by atoms with E-state index in [1.54, 1.807) is 6.20 Å². The Hall–Kier alpha value is -4.01. The number of benzene rings is 1. The van der Waals surface area contributed by atoms with Crippen molar-refractivity contribution in [1.29, 1.82) is 0 Å². The van der Waals surface area contributed by atoms with Crippen LogP contribution in [0, 0.1) is 5.92 Å². The van der Waals surface area contributed by atoms with Crippen molar-refractivity contribution < 1.29 is 13.7 Å². The van der Waals surface area contributed by atoms with Gasteiger partial charge in [-0.3, -0.25) is 9.59 Å². The monoisotopic (exact) mass is 432 g/mol. The smallest absolute Gasteiger partial charge is 0.254 e. The van der Waals surface area contributed by atoms with Gasteiger partial charge < -0.3 is 20.9 Å². The average molecular weight is 433 g/mol. The number of hydrogen-bond donors (Lipinski definition) is 3. The number of amides is 2. The maximum Gasteiger partial charge on any atom is 0.254 e. The quantitative estimate of drug-likeness (QED) is 0.568. The molecule has 162 valence electrons. The first-order valence-corrected chi connectivity index (χ1v) is 10.2. The molecule has 9 nitrogen and oxygen atoms in total. The van der Waals surface area contributed by atoms with Crippen molar-refractivity contribution in [1.82, 2.24) is 20.3 Å². The van der Waals surface area contributed by atoms with Crippen LogP contribution in [-0.2, 0) is 11.3 Å². The number of anilines is 4. The fourth-order valence-corrected chi connectivity index (χ4v) is 3.89. The Bertz CT molecular complexity index is 1320. The van der Waals surface area contributed by atoms with E-state index in [-0.39, 0.29) is 23.2 Å². The third kappa shape index (κ3) is 3.62. The molecule has 3 heterocycles. The molecule has 0 bridgehead atoms. The Morgan fingerprint density at radius 2 is 2.06 bits per heavy atom. The molecule has 0 spiro atoms. The van der Waals surface area contributed by atoms with Crippen LogP contribution >= 0.6 is 0 Å². The number of para-hydroxylation sites is 1. The van der Waals surface area contributed by atoms with Gasteiger partial charge in [0.2, 0.25) is 5.91 Å². The van der Waals surface area contributed by atoms with Crippen LogP contribution < -0.4 is 20.9 Å². The zero-order valence-electron chi connectivity index (χ0n) is 20.3. The molecule has 5 rings (SSSR count). The van der Waals surface area contributed by atoms with Crippen LogP contribution in [-0.4, -0.2) is 40.8 Å². The van der Waals surface area contributed by atoms with Crippen LogP contribution in [0.15, 0.2) is 43.0 Å². The van der Waals surface area contributed by atoms with Gasteiger partial charge in [-0.15, -0.1) is 0 Å². The van der Waals surface area contributed by atoms with E-state index in [0.29, 0.717) is 17.9 Å². The van der Waals surface area contributed by atoms with E-state index in [0.717, 1.165) is 35.3 Å². The number of pyridine rings is 1. The summed E-state index contributed by atoms with van der Waals surface area (Å²) in [5.74, 6) is -0.692. The molecule has 1 saturated carbocycles. The minimum Gasteiger partial charge on any atom is -0.368 e. The zero-order chi connectivity index (χ0) is 24.7. The van der Waals surface area contributed by atoms with Crippen molar-refractivity contribution in [2.75, 3.05) is 29.6 Å². The van der Waals surface area contributed by atoms with Gasteiger partial charge in [-0.2, -0.15) is 0 Å². The highest BCUT2D eigenvalue weighted by atomic mass is 16.2. The summed E-state index contributed by atoms with van der Waals surface area (Å²) in [5.41, 5.74) is 4.60. The first-order chi connectivity index (χ1) is 16.7. The SMILES string of the molecule is [2H]C([2H])([2H])NC(=O)c1cnc(NC(=O)C2CC2)cc1Nc1cccc2c1N(C)Cc1cncnc1-2. The molecule has 1 fully saturated rings. The van der Waals surface area contributed by atoms with Crippen molar-refractivity contribution >= 4 is 34.7 Å². The molecule has 2 aromatic heterocycles. The van der Waals surface area contributed by atoms with Crippen LogP contribution in [0.2, 0.25) is 0 Å². The van der Waals surface area contributed by atoms with Crippen LogP contribution in [0.3, 0.4) is 0 Å². The zero-order valence-corrected chi connectivity index (χ0v) is 17.3. The van der Waals surface area contributed by atoms with Crippen LogP contribution in [0.5, 0.6) is 0 Å². The molecule has 0 unspecified atom stereocenters. The molecular formula is C23H23N7O2. The molecule has 1 aromatic carbocycles. The lowest BCUT2D eigenvalue weighted by Crippen LogP contribution is -2.24. The molecule has 0 atom stereocenters. The van der Waals surface area contributed by atoms with Gasteiger partial charge in [0.05, 0.1) is 28.3 Å². The van der Waals surface area contributed by atoms with Crippen molar-refractivity contribution in [3.05, 3.63) is 54.1 Å². The minimum absolute atomic E-state index is 0.0244. The van der Waals surface area contributed by atoms with E-state index in [1.807, 2.05) is 35.5 Å². The maximum absolute atomic E-state index is 12.8. The molecule has 9 heteroatoms. The fourth-order valence-electron chi connectivity index (χ4n) is 3.89. The number of aromatic nitrogens is 3. The second kappa shape index (κ2) is 7.92. The number of rotatable bonds is 5. The third-order valence-electron chi connectivity index (χ3n) is 5.60. The lowest BCUT2D eigenvalue weighted by molar-refractivity contribution is -0.117. The normalized spacial score (nSPS) is 16.0. The van der Waals surface area contributed by atoms with Gasteiger partial charge in [0.1, 0.15) is 12.1 Å². The van der Waals surface area contributed by atoms with E-state index < -0.39 is 12.9 Å². The number of fused-ring (bicyclic) bond motifs is 3. The van der Waals surface area contributed by atoms with E-state index in [4.69, 9.17) is 4.11 Å². The summed E-state index contributed by atoms with van der Waals surface area (Å²) in [7, 11) is 1.94. The summed E-state index contributed by atoms with van der Waals surface area (Å²) in [6.45, 7) is -2.07. The topological polar surface area (TPSA) is 112 Å². The van der Waals surface area contributed by atoms with Crippen LogP contribution in [0.4, 0.5) is 22.9 Å². The number of nitrogens with one attached hydrogen (secondary N) is 3. The second-order valence-corrected chi connectivity index (χ2v) is 7.91. The molecule has 1 aliphatic heterocycles. The number of hydrogen-bond acceptors (Lipinski definition) is 7. The van der Waals surface area contributed by atoms with Crippen molar-refractivity contribution in [3.8, 4) is 11.3 Å². The van der Waals surface area contributed by atoms with Crippen molar-refractivity contribution in [2.45, 2.75) is 19.4 Å². The van der Waals surface area contributed by atoms with Gasteiger partial charge in [-0.1, -0.05) is 12.1 Å². The molecule has 3 N–H and O–H groups in total. The van der Waals surface area contributed by atoms with Crippen LogP contribution in [0.1, 0.15) is 32.9 Å². The summed E-state index contributed by atoms with van der Waals surface area (Å²) in [5, 5.41) is 8.04. The van der Waals surface area contributed by atoms with Crippen molar-refractivity contribution in [2.24, 2.45) is 5.92 Å².